The van der Waals surface area contributed by atoms with E-state index in [0.29, 0.717) is 23.6 Å². The molecule has 0 saturated heterocycles. The molecule has 0 fully saturated rings. The van der Waals surface area contributed by atoms with Crippen molar-refractivity contribution in [1.82, 2.24) is 4.41 Å². The van der Waals surface area contributed by atoms with E-state index in [1.807, 2.05) is 0 Å². The normalized spacial score (nSPS) is 18.0. The smallest absolute Gasteiger partial charge is 0.250 e. The minimum Gasteiger partial charge on any atom is -0.467 e. The summed E-state index contributed by atoms with van der Waals surface area (Å²) >= 11 is 0. The zero-order chi connectivity index (χ0) is 18.9. The first-order chi connectivity index (χ1) is 12.2. The van der Waals surface area contributed by atoms with Crippen LogP contribution in [0.5, 0.6) is 0 Å². The molecule has 0 saturated carbocycles. The largest absolute Gasteiger partial charge is 0.467 e. The van der Waals surface area contributed by atoms with Gasteiger partial charge in [-0.05, 0) is 36.8 Å². The quantitative estimate of drug-likeness (QED) is 0.803. The lowest BCUT2D eigenvalue weighted by Crippen LogP contribution is -2.28. The van der Waals surface area contributed by atoms with E-state index in [-0.39, 0.29) is 5.75 Å². The number of hydrogen-bond donors (Lipinski definition) is 1. The number of hydrazone groups is 1. The van der Waals surface area contributed by atoms with Gasteiger partial charge in [0, 0.05) is 12.1 Å². The molecule has 8 nitrogen and oxygen atoms in total. The highest BCUT2D eigenvalue weighted by molar-refractivity contribution is 7.92. The molecule has 0 spiro atoms. The molecule has 3 rings (SSSR count). The number of furan rings is 1. The van der Waals surface area contributed by atoms with Gasteiger partial charge in [0.05, 0.1) is 24.0 Å². The lowest BCUT2D eigenvalue weighted by molar-refractivity contribution is 0.320. The molecular weight excluding hydrogens is 378 g/mol. The summed E-state index contributed by atoms with van der Waals surface area (Å²) in [6.07, 6.45) is 2.94. The lowest BCUT2D eigenvalue weighted by Gasteiger charge is -2.20. The van der Waals surface area contributed by atoms with Crippen LogP contribution in [-0.4, -0.2) is 39.0 Å². The number of hydrogen-bond acceptors (Lipinski definition) is 6. The van der Waals surface area contributed by atoms with Gasteiger partial charge >= 0.3 is 0 Å². The number of nitrogens with one attached hydrogen (secondary N) is 1. The summed E-state index contributed by atoms with van der Waals surface area (Å²) in [7, 11) is -6.91. The number of sulfonamides is 2. The summed E-state index contributed by atoms with van der Waals surface area (Å²) in [5, 5.41) is 4.31. The Kier molecular flexibility index (Phi) is 4.80. The van der Waals surface area contributed by atoms with Crippen molar-refractivity contribution in [3.05, 3.63) is 54.0 Å². The topological polar surface area (TPSA) is 109 Å². The van der Waals surface area contributed by atoms with E-state index in [1.165, 1.54) is 6.26 Å². The Morgan fingerprint density at radius 2 is 1.88 bits per heavy atom. The zero-order valence-electron chi connectivity index (χ0n) is 14.3. The molecule has 10 heteroatoms. The van der Waals surface area contributed by atoms with Crippen LogP contribution >= 0.6 is 0 Å². The Hall–Kier alpha value is -2.33. The summed E-state index contributed by atoms with van der Waals surface area (Å²) in [5.41, 5.74) is 1.74. The molecule has 1 atom stereocenters. The highest BCUT2D eigenvalue weighted by Crippen LogP contribution is 2.35. The van der Waals surface area contributed by atoms with E-state index < -0.39 is 26.1 Å². The van der Waals surface area contributed by atoms with Crippen LogP contribution < -0.4 is 4.72 Å². The van der Waals surface area contributed by atoms with Crippen molar-refractivity contribution in [2.75, 3.05) is 16.7 Å². The van der Waals surface area contributed by atoms with E-state index in [9.17, 15) is 16.8 Å². The monoisotopic (exact) mass is 397 g/mol. The first-order valence-electron chi connectivity index (χ1n) is 7.91. The third-order valence-corrected chi connectivity index (χ3v) is 6.16. The predicted octanol–water partition coefficient (Wildman–Crippen LogP) is 2.15. The van der Waals surface area contributed by atoms with Crippen LogP contribution in [0.3, 0.4) is 0 Å². The fraction of sp³-hybridized carbons (Fsp3) is 0.312. The number of anilines is 1. The van der Waals surface area contributed by atoms with Gasteiger partial charge in [-0.1, -0.05) is 12.1 Å². The van der Waals surface area contributed by atoms with Crippen LogP contribution in [0.1, 0.15) is 30.7 Å². The molecule has 1 aromatic carbocycles. The fourth-order valence-corrected chi connectivity index (χ4v) is 4.31. The van der Waals surface area contributed by atoms with E-state index in [0.717, 1.165) is 16.2 Å². The van der Waals surface area contributed by atoms with E-state index in [2.05, 4.69) is 9.82 Å². The molecule has 2 aromatic rings. The van der Waals surface area contributed by atoms with Crippen LogP contribution in [0.15, 0.2) is 52.2 Å². The van der Waals surface area contributed by atoms with Gasteiger partial charge in [0.2, 0.25) is 20.0 Å². The van der Waals surface area contributed by atoms with Crippen molar-refractivity contribution in [3.63, 3.8) is 0 Å². The van der Waals surface area contributed by atoms with Crippen molar-refractivity contribution >= 4 is 31.4 Å². The van der Waals surface area contributed by atoms with Gasteiger partial charge < -0.3 is 4.42 Å². The molecule has 26 heavy (non-hydrogen) atoms. The fourth-order valence-electron chi connectivity index (χ4n) is 2.69. The molecule has 1 aromatic heterocycles. The average Bonchev–Trinajstić information content (AvgIpc) is 3.23. The van der Waals surface area contributed by atoms with E-state index >= 15 is 0 Å². The molecule has 0 amide bonds. The van der Waals surface area contributed by atoms with E-state index in [4.69, 9.17) is 4.42 Å². The Morgan fingerprint density at radius 1 is 1.19 bits per heavy atom. The molecule has 0 aliphatic carbocycles. The maximum atomic E-state index is 12.4. The Balaban J connectivity index is 1.91. The Labute approximate surface area is 152 Å². The van der Waals surface area contributed by atoms with Gasteiger partial charge in [-0.3, -0.25) is 4.72 Å². The third kappa shape index (κ3) is 3.91. The minimum atomic E-state index is -3.55. The maximum Gasteiger partial charge on any atom is 0.250 e. The van der Waals surface area contributed by atoms with Crippen LogP contribution in [0.2, 0.25) is 0 Å². The van der Waals surface area contributed by atoms with Gasteiger partial charge in [-0.2, -0.15) is 9.52 Å². The summed E-state index contributed by atoms with van der Waals surface area (Å²) < 4.78 is 56.2. The molecule has 0 radical (unpaired) electrons. The summed E-state index contributed by atoms with van der Waals surface area (Å²) in [5.74, 6) is 0.453. The highest BCUT2D eigenvalue weighted by atomic mass is 32.2. The van der Waals surface area contributed by atoms with Gasteiger partial charge in [-0.15, -0.1) is 0 Å². The van der Waals surface area contributed by atoms with Crippen molar-refractivity contribution in [2.24, 2.45) is 5.10 Å². The van der Waals surface area contributed by atoms with Crippen LogP contribution in [-0.2, 0) is 20.0 Å². The molecule has 2 heterocycles. The molecule has 1 aliphatic heterocycles. The van der Waals surface area contributed by atoms with Crippen molar-refractivity contribution < 1.29 is 21.3 Å². The zero-order valence-corrected chi connectivity index (χ0v) is 15.9. The minimum absolute atomic E-state index is 0.0712. The maximum absolute atomic E-state index is 12.4. The molecular formula is C16H19N3O5S2. The molecule has 140 valence electrons. The van der Waals surface area contributed by atoms with Gasteiger partial charge in [-0.25, -0.2) is 16.8 Å². The summed E-state index contributed by atoms with van der Waals surface area (Å²) in [6.45, 7) is 1.56. The first-order valence-corrected chi connectivity index (χ1v) is 11.4. The summed E-state index contributed by atoms with van der Waals surface area (Å²) in [4.78, 5) is 0. The number of benzene rings is 1. The second kappa shape index (κ2) is 6.76. The second-order valence-electron chi connectivity index (χ2n) is 5.91. The SMILES string of the molecule is CCS(=O)(=O)N1N=C(c2ccc(NS(C)(=O)=O)cc2)C[C@H]1c1ccco1. The molecule has 0 bridgehead atoms. The lowest BCUT2D eigenvalue weighted by atomic mass is 10.0. The average molecular weight is 397 g/mol. The Morgan fingerprint density at radius 3 is 2.42 bits per heavy atom. The summed E-state index contributed by atoms with van der Waals surface area (Å²) in [6, 6.07) is 9.52. The third-order valence-electron chi connectivity index (χ3n) is 3.92. The van der Waals surface area contributed by atoms with Crippen LogP contribution in [0.4, 0.5) is 5.69 Å². The second-order valence-corrected chi connectivity index (χ2v) is 9.77. The van der Waals surface area contributed by atoms with E-state index in [1.54, 1.807) is 43.3 Å². The highest BCUT2D eigenvalue weighted by Gasteiger charge is 2.37. The molecule has 1 N–H and O–H groups in total. The number of rotatable bonds is 6. The van der Waals surface area contributed by atoms with Crippen molar-refractivity contribution in [1.29, 1.82) is 0 Å². The van der Waals surface area contributed by atoms with Crippen molar-refractivity contribution in [2.45, 2.75) is 19.4 Å². The van der Waals surface area contributed by atoms with Crippen LogP contribution in [0.25, 0.3) is 0 Å². The molecule has 1 aliphatic rings. The number of nitrogens with zero attached hydrogens (tertiary/aromatic N) is 2. The Bertz CT molecular complexity index is 1010. The van der Waals surface area contributed by atoms with Gasteiger partial charge in [0.25, 0.3) is 0 Å². The predicted molar refractivity (Wildman–Crippen MR) is 98.8 cm³/mol. The van der Waals surface area contributed by atoms with Crippen molar-refractivity contribution in [3.8, 4) is 0 Å². The standard InChI is InChI=1S/C16H19N3O5S2/c1-3-26(22,23)19-15(16-5-4-10-24-16)11-14(17-19)12-6-8-13(9-7-12)18-25(2,20)21/h4-10,15,18H,3,11H2,1-2H3/t15-/m0/s1. The van der Waals surface area contributed by atoms with Gasteiger partial charge in [0.1, 0.15) is 11.8 Å². The van der Waals surface area contributed by atoms with Crippen LogP contribution in [0, 0.1) is 0 Å². The first kappa shape index (κ1) is 18.5. The molecule has 0 unspecified atom stereocenters. The van der Waals surface area contributed by atoms with Gasteiger partial charge in [0.15, 0.2) is 0 Å².